The van der Waals surface area contributed by atoms with Crippen LogP contribution in [-0.2, 0) is 21.2 Å². The molecule has 0 aromatic heterocycles. The molecule has 0 aliphatic heterocycles. The fourth-order valence-corrected chi connectivity index (χ4v) is 4.08. The van der Waals surface area contributed by atoms with Crippen LogP contribution in [0.5, 0.6) is 5.75 Å². The zero-order valence-electron chi connectivity index (χ0n) is 17.4. The topological polar surface area (TPSA) is 84.5 Å². The number of hydrogen-bond acceptors (Lipinski definition) is 4. The van der Waals surface area contributed by atoms with Crippen molar-refractivity contribution in [2.24, 2.45) is 5.92 Å². The summed E-state index contributed by atoms with van der Waals surface area (Å²) >= 11 is 0. The van der Waals surface area contributed by atoms with E-state index >= 15 is 0 Å². The Kier molecular flexibility index (Phi) is 8.22. The van der Waals surface area contributed by atoms with Gasteiger partial charge < -0.3 is 10.1 Å². The van der Waals surface area contributed by atoms with Crippen molar-refractivity contribution < 1.29 is 17.9 Å². The summed E-state index contributed by atoms with van der Waals surface area (Å²) in [5.74, 6) is 0.905. The van der Waals surface area contributed by atoms with Gasteiger partial charge in [0.15, 0.2) is 0 Å². The molecular weight excluding hydrogens is 388 g/mol. The van der Waals surface area contributed by atoms with Crippen molar-refractivity contribution in [1.29, 1.82) is 0 Å². The van der Waals surface area contributed by atoms with Crippen molar-refractivity contribution in [3.8, 4) is 5.75 Å². The Bertz CT molecular complexity index is 909. The van der Waals surface area contributed by atoms with Crippen LogP contribution >= 0.6 is 0 Å². The second-order valence-electron chi connectivity index (χ2n) is 7.42. The Morgan fingerprint density at radius 2 is 1.69 bits per heavy atom. The van der Waals surface area contributed by atoms with Gasteiger partial charge in [-0.2, -0.15) is 0 Å². The molecule has 7 heteroatoms. The SMILES string of the molecule is COc1ccccc1C(C)NC(=O)CCc1ccc(S(=O)(=O)NCC(C)C)cc1. The maximum absolute atomic E-state index is 12.3. The number of nitrogens with one attached hydrogen (secondary N) is 2. The zero-order valence-corrected chi connectivity index (χ0v) is 18.3. The van der Waals surface area contributed by atoms with Gasteiger partial charge in [0.05, 0.1) is 18.0 Å². The molecule has 0 aliphatic carbocycles. The van der Waals surface area contributed by atoms with E-state index in [2.05, 4.69) is 10.0 Å². The van der Waals surface area contributed by atoms with Crippen molar-refractivity contribution >= 4 is 15.9 Å². The number of rotatable bonds is 10. The molecule has 1 unspecified atom stereocenters. The molecule has 1 amide bonds. The van der Waals surface area contributed by atoms with Crippen LogP contribution in [0, 0.1) is 5.92 Å². The molecule has 0 saturated heterocycles. The Morgan fingerprint density at radius 1 is 1.03 bits per heavy atom. The minimum absolute atomic E-state index is 0.0706. The third kappa shape index (κ3) is 6.87. The molecule has 29 heavy (non-hydrogen) atoms. The van der Waals surface area contributed by atoms with Crippen LogP contribution in [0.15, 0.2) is 53.4 Å². The van der Waals surface area contributed by atoms with E-state index in [1.165, 1.54) is 0 Å². The van der Waals surface area contributed by atoms with E-state index in [-0.39, 0.29) is 22.8 Å². The van der Waals surface area contributed by atoms with Gasteiger partial charge in [0.2, 0.25) is 15.9 Å². The minimum Gasteiger partial charge on any atom is -0.496 e. The highest BCUT2D eigenvalue weighted by Crippen LogP contribution is 2.24. The summed E-state index contributed by atoms with van der Waals surface area (Å²) in [5.41, 5.74) is 1.83. The first-order valence-corrected chi connectivity index (χ1v) is 11.2. The quantitative estimate of drug-likeness (QED) is 0.619. The molecule has 0 heterocycles. The lowest BCUT2D eigenvalue weighted by Gasteiger charge is -2.17. The Hall–Kier alpha value is -2.38. The Balaban J connectivity index is 1.90. The molecule has 0 fully saturated rings. The highest BCUT2D eigenvalue weighted by molar-refractivity contribution is 7.89. The first-order valence-electron chi connectivity index (χ1n) is 9.74. The van der Waals surface area contributed by atoms with Crippen LogP contribution in [0.25, 0.3) is 0 Å². The smallest absolute Gasteiger partial charge is 0.240 e. The van der Waals surface area contributed by atoms with Crippen molar-refractivity contribution in [3.05, 3.63) is 59.7 Å². The van der Waals surface area contributed by atoms with Crippen LogP contribution in [0.1, 0.15) is 44.4 Å². The van der Waals surface area contributed by atoms with Gasteiger partial charge in [0, 0.05) is 18.5 Å². The molecule has 6 nitrogen and oxygen atoms in total. The van der Waals surface area contributed by atoms with E-state index in [9.17, 15) is 13.2 Å². The number of amides is 1. The van der Waals surface area contributed by atoms with Gasteiger partial charge in [-0.3, -0.25) is 4.79 Å². The third-order valence-electron chi connectivity index (χ3n) is 4.54. The van der Waals surface area contributed by atoms with E-state index in [0.717, 1.165) is 16.9 Å². The molecule has 0 bridgehead atoms. The summed E-state index contributed by atoms with van der Waals surface area (Å²) in [6.45, 7) is 6.21. The molecular formula is C22H30N2O4S. The molecule has 2 N–H and O–H groups in total. The maximum atomic E-state index is 12.3. The van der Waals surface area contributed by atoms with Crippen molar-refractivity contribution in [2.75, 3.05) is 13.7 Å². The predicted octanol–water partition coefficient (Wildman–Crippen LogP) is 3.44. The number of methoxy groups -OCH3 is 1. The van der Waals surface area contributed by atoms with Crippen molar-refractivity contribution in [2.45, 2.75) is 44.6 Å². The molecule has 2 rings (SSSR count). The lowest BCUT2D eigenvalue weighted by molar-refractivity contribution is -0.121. The first kappa shape index (κ1) is 22.9. The lowest BCUT2D eigenvalue weighted by atomic mass is 10.1. The van der Waals surface area contributed by atoms with E-state index in [1.807, 2.05) is 45.0 Å². The summed E-state index contributed by atoms with van der Waals surface area (Å²) < 4.78 is 32.4. The van der Waals surface area contributed by atoms with Gasteiger partial charge in [0.1, 0.15) is 5.75 Å². The number of hydrogen-bond donors (Lipinski definition) is 2. The maximum Gasteiger partial charge on any atom is 0.240 e. The van der Waals surface area contributed by atoms with Crippen LogP contribution in [0.4, 0.5) is 0 Å². The van der Waals surface area contributed by atoms with Gasteiger partial charge in [-0.15, -0.1) is 0 Å². The summed E-state index contributed by atoms with van der Waals surface area (Å²) in [6.07, 6.45) is 0.849. The second-order valence-corrected chi connectivity index (χ2v) is 9.19. The van der Waals surface area contributed by atoms with E-state index in [1.54, 1.807) is 31.4 Å². The number of carbonyl (C=O) groups is 1. The molecule has 0 radical (unpaired) electrons. The highest BCUT2D eigenvalue weighted by Gasteiger charge is 2.15. The first-order chi connectivity index (χ1) is 13.7. The number of ether oxygens (including phenoxy) is 1. The standard InChI is InChI=1S/C22H30N2O4S/c1-16(2)15-23-29(26,27)19-12-9-18(10-13-19)11-14-22(25)24-17(3)20-7-5-6-8-21(20)28-4/h5-10,12-13,16-17,23H,11,14-15H2,1-4H3,(H,24,25). The summed E-state index contributed by atoms with van der Waals surface area (Å²) in [6, 6.07) is 14.1. The number of sulfonamides is 1. The second kappa shape index (κ2) is 10.4. The molecule has 2 aromatic rings. The molecule has 0 spiro atoms. The van der Waals surface area contributed by atoms with E-state index in [0.29, 0.717) is 19.4 Å². The number of para-hydroxylation sites is 1. The normalized spacial score (nSPS) is 12.6. The van der Waals surface area contributed by atoms with Crippen molar-refractivity contribution in [3.63, 3.8) is 0 Å². The largest absolute Gasteiger partial charge is 0.496 e. The molecule has 0 aliphatic rings. The lowest BCUT2D eigenvalue weighted by Crippen LogP contribution is -2.27. The zero-order chi connectivity index (χ0) is 21.4. The van der Waals surface area contributed by atoms with Gasteiger partial charge in [-0.25, -0.2) is 13.1 Å². The molecule has 2 aromatic carbocycles. The summed E-state index contributed by atoms with van der Waals surface area (Å²) in [4.78, 5) is 12.5. The van der Waals surface area contributed by atoms with Crippen LogP contribution in [0.2, 0.25) is 0 Å². The minimum atomic E-state index is -3.50. The summed E-state index contributed by atoms with van der Waals surface area (Å²) in [7, 11) is -1.89. The highest BCUT2D eigenvalue weighted by atomic mass is 32.2. The number of aryl methyl sites for hydroxylation is 1. The average molecular weight is 419 g/mol. The van der Waals surface area contributed by atoms with Gasteiger partial charge >= 0.3 is 0 Å². The fraction of sp³-hybridized carbons (Fsp3) is 0.409. The van der Waals surface area contributed by atoms with Gasteiger partial charge in [-0.1, -0.05) is 44.2 Å². The van der Waals surface area contributed by atoms with Gasteiger partial charge in [0.25, 0.3) is 0 Å². The molecule has 158 valence electrons. The van der Waals surface area contributed by atoms with E-state index in [4.69, 9.17) is 4.74 Å². The predicted molar refractivity (Wildman–Crippen MR) is 114 cm³/mol. The average Bonchev–Trinajstić information content (AvgIpc) is 2.71. The third-order valence-corrected chi connectivity index (χ3v) is 5.98. The monoisotopic (exact) mass is 418 g/mol. The molecule has 0 saturated carbocycles. The van der Waals surface area contributed by atoms with Crippen LogP contribution < -0.4 is 14.8 Å². The van der Waals surface area contributed by atoms with E-state index < -0.39 is 10.0 Å². The Labute approximate surface area is 173 Å². The number of carbonyl (C=O) groups excluding carboxylic acids is 1. The number of benzene rings is 2. The molecule has 1 atom stereocenters. The summed E-state index contributed by atoms with van der Waals surface area (Å²) in [5, 5.41) is 2.98. The van der Waals surface area contributed by atoms with Crippen LogP contribution in [0.3, 0.4) is 0 Å². The van der Waals surface area contributed by atoms with Crippen molar-refractivity contribution in [1.82, 2.24) is 10.0 Å². The van der Waals surface area contributed by atoms with Crippen LogP contribution in [-0.4, -0.2) is 28.0 Å². The Morgan fingerprint density at radius 3 is 2.31 bits per heavy atom. The van der Waals surface area contributed by atoms with Gasteiger partial charge in [-0.05, 0) is 43.0 Å². The fourth-order valence-electron chi connectivity index (χ4n) is 2.87.